The lowest BCUT2D eigenvalue weighted by molar-refractivity contribution is 0.0667. The third-order valence-corrected chi connectivity index (χ3v) is 3.52. The molecule has 0 spiro atoms. The molecule has 1 atom stereocenters. The maximum Gasteiger partial charge on any atom is 0.271 e. The maximum atomic E-state index is 12.3. The van der Waals surface area contributed by atoms with E-state index in [1.807, 2.05) is 28.9 Å². The van der Waals surface area contributed by atoms with Crippen molar-refractivity contribution in [2.75, 3.05) is 13.1 Å². The molecule has 0 bridgehead atoms. The van der Waals surface area contributed by atoms with Crippen LogP contribution in [0.2, 0.25) is 0 Å². The van der Waals surface area contributed by atoms with Gasteiger partial charge in [0.25, 0.3) is 5.91 Å². The minimum absolute atomic E-state index is 0.0195. The normalized spacial score (nSPS) is 19.6. The number of hydrogen-bond donors (Lipinski definition) is 1. The fraction of sp³-hybridized carbons (Fsp3) is 0.462. The number of imidazole rings is 1. The number of rotatable bonds is 2. The van der Waals surface area contributed by atoms with Crippen molar-refractivity contribution in [2.45, 2.75) is 25.8 Å². The molecule has 0 aromatic carbocycles. The fourth-order valence-corrected chi connectivity index (χ4v) is 2.53. The van der Waals surface area contributed by atoms with Gasteiger partial charge in [0.15, 0.2) is 0 Å². The quantitative estimate of drug-likeness (QED) is 0.886. The topological polar surface area (TPSA) is 66.8 Å². The van der Waals surface area contributed by atoms with Gasteiger partial charge in [-0.2, -0.15) is 5.10 Å². The Labute approximate surface area is 111 Å². The summed E-state index contributed by atoms with van der Waals surface area (Å²) in [7, 11) is 0. The number of aromatic nitrogens is 4. The molecule has 1 fully saturated rings. The van der Waals surface area contributed by atoms with Crippen LogP contribution in [0.15, 0.2) is 24.9 Å². The van der Waals surface area contributed by atoms with Crippen LogP contribution in [0.3, 0.4) is 0 Å². The highest BCUT2D eigenvalue weighted by Crippen LogP contribution is 2.22. The Bertz CT molecular complexity index is 559. The first-order chi connectivity index (χ1) is 9.24. The standard InChI is InChI=1S/C13H17N5O/c1-10-5-16-18(7-10)11-3-2-4-17(8-11)13(19)12-6-14-9-15-12/h5-7,9,11H,2-4,8H2,1H3,(H,14,15)/t11-/m0/s1. The Morgan fingerprint density at radius 3 is 3.05 bits per heavy atom. The van der Waals surface area contributed by atoms with E-state index in [0.717, 1.165) is 24.9 Å². The summed E-state index contributed by atoms with van der Waals surface area (Å²) in [5, 5.41) is 4.35. The van der Waals surface area contributed by atoms with Gasteiger partial charge in [0, 0.05) is 19.3 Å². The molecule has 1 aliphatic rings. The number of H-pyrrole nitrogens is 1. The second-order valence-corrected chi connectivity index (χ2v) is 5.01. The van der Waals surface area contributed by atoms with Crippen molar-refractivity contribution in [1.29, 1.82) is 0 Å². The Balaban J connectivity index is 1.73. The highest BCUT2D eigenvalue weighted by molar-refractivity contribution is 5.92. The van der Waals surface area contributed by atoms with Gasteiger partial charge in [0.1, 0.15) is 5.69 Å². The Kier molecular flexibility index (Phi) is 3.06. The molecule has 3 heterocycles. The zero-order valence-corrected chi connectivity index (χ0v) is 10.9. The molecular formula is C13H17N5O. The van der Waals surface area contributed by atoms with Crippen LogP contribution in [0.5, 0.6) is 0 Å². The van der Waals surface area contributed by atoms with Gasteiger partial charge in [-0.15, -0.1) is 0 Å². The number of carbonyl (C=O) groups excluding carboxylic acids is 1. The lowest BCUT2D eigenvalue weighted by Crippen LogP contribution is -2.41. The van der Waals surface area contributed by atoms with Gasteiger partial charge < -0.3 is 9.88 Å². The monoisotopic (exact) mass is 259 g/mol. The minimum atomic E-state index is 0.0195. The molecule has 1 N–H and O–H groups in total. The maximum absolute atomic E-state index is 12.3. The second kappa shape index (κ2) is 4.87. The van der Waals surface area contributed by atoms with E-state index in [4.69, 9.17) is 0 Å². The Morgan fingerprint density at radius 1 is 1.47 bits per heavy atom. The average molecular weight is 259 g/mol. The van der Waals surface area contributed by atoms with Gasteiger partial charge in [-0.25, -0.2) is 4.98 Å². The lowest BCUT2D eigenvalue weighted by atomic mass is 10.1. The molecule has 6 nitrogen and oxygen atoms in total. The van der Waals surface area contributed by atoms with Gasteiger partial charge in [-0.05, 0) is 25.3 Å². The number of likely N-dealkylation sites (tertiary alicyclic amines) is 1. The van der Waals surface area contributed by atoms with Crippen LogP contribution in [-0.4, -0.2) is 43.6 Å². The van der Waals surface area contributed by atoms with E-state index < -0.39 is 0 Å². The van der Waals surface area contributed by atoms with Gasteiger partial charge >= 0.3 is 0 Å². The first-order valence-corrected chi connectivity index (χ1v) is 6.52. The molecule has 1 amide bonds. The summed E-state index contributed by atoms with van der Waals surface area (Å²) in [6, 6.07) is 0.273. The first kappa shape index (κ1) is 12.0. The van der Waals surface area contributed by atoms with E-state index in [-0.39, 0.29) is 11.9 Å². The molecule has 100 valence electrons. The molecule has 0 saturated carbocycles. The predicted octanol–water partition coefficient (Wildman–Crippen LogP) is 1.39. The second-order valence-electron chi connectivity index (χ2n) is 5.01. The van der Waals surface area contributed by atoms with Crippen molar-refractivity contribution >= 4 is 5.91 Å². The summed E-state index contributed by atoms with van der Waals surface area (Å²) >= 11 is 0. The average Bonchev–Trinajstić information content (AvgIpc) is 3.09. The first-order valence-electron chi connectivity index (χ1n) is 6.52. The van der Waals surface area contributed by atoms with Crippen molar-refractivity contribution in [3.8, 4) is 0 Å². The zero-order chi connectivity index (χ0) is 13.2. The highest BCUT2D eigenvalue weighted by Gasteiger charge is 2.26. The number of aryl methyl sites for hydroxylation is 1. The van der Waals surface area contributed by atoms with Crippen molar-refractivity contribution in [3.63, 3.8) is 0 Å². The van der Waals surface area contributed by atoms with Crippen LogP contribution in [-0.2, 0) is 0 Å². The van der Waals surface area contributed by atoms with E-state index in [1.165, 1.54) is 6.33 Å². The third kappa shape index (κ3) is 2.38. The van der Waals surface area contributed by atoms with Crippen molar-refractivity contribution < 1.29 is 4.79 Å². The minimum Gasteiger partial charge on any atom is -0.341 e. The van der Waals surface area contributed by atoms with Crippen LogP contribution in [0.1, 0.15) is 34.9 Å². The third-order valence-electron chi connectivity index (χ3n) is 3.52. The molecule has 19 heavy (non-hydrogen) atoms. The van der Waals surface area contributed by atoms with Gasteiger partial charge in [0.05, 0.1) is 24.8 Å². The molecule has 0 aliphatic carbocycles. The van der Waals surface area contributed by atoms with Crippen LogP contribution in [0, 0.1) is 6.92 Å². The predicted molar refractivity (Wildman–Crippen MR) is 69.7 cm³/mol. The van der Waals surface area contributed by atoms with E-state index in [0.29, 0.717) is 12.2 Å². The van der Waals surface area contributed by atoms with Crippen LogP contribution >= 0.6 is 0 Å². The van der Waals surface area contributed by atoms with E-state index >= 15 is 0 Å². The molecule has 6 heteroatoms. The molecule has 0 unspecified atom stereocenters. The molecule has 2 aromatic rings. The number of piperidine rings is 1. The Hall–Kier alpha value is -2.11. The zero-order valence-electron chi connectivity index (χ0n) is 10.9. The molecule has 3 rings (SSSR count). The van der Waals surface area contributed by atoms with Gasteiger partial charge in [-0.3, -0.25) is 9.48 Å². The van der Waals surface area contributed by atoms with Crippen LogP contribution in [0.25, 0.3) is 0 Å². The SMILES string of the molecule is Cc1cnn([C@H]2CCCN(C(=O)c3cnc[nH]3)C2)c1. The number of aromatic amines is 1. The van der Waals surface area contributed by atoms with E-state index in [9.17, 15) is 4.79 Å². The van der Waals surface area contributed by atoms with Crippen molar-refractivity contribution in [2.24, 2.45) is 0 Å². The highest BCUT2D eigenvalue weighted by atomic mass is 16.2. The fourth-order valence-electron chi connectivity index (χ4n) is 2.53. The van der Waals surface area contributed by atoms with Crippen molar-refractivity contribution in [1.82, 2.24) is 24.6 Å². The largest absolute Gasteiger partial charge is 0.341 e. The lowest BCUT2D eigenvalue weighted by Gasteiger charge is -2.32. The number of nitrogens with one attached hydrogen (secondary N) is 1. The Morgan fingerprint density at radius 2 is 2.37 bits per heavy atom. The van der Waals surface area contributed by atoms with E-state index in [1.54, 1.807) is 6.20 Å². The van der Waals surface area contributed by atoms with Gasteiger partial charge in [0.2, 0.25) is 0 Å². The van der Waals surface area contributed by atoms with Crippen LogP contribution < -0.4 is 0 Å². The van der Waals surface area contributed by atoms with E-state index in [2.05, 4.69) is 15.1 Å². The molecule has 2 aromatic heterocycles. The summed E-state index contributed by atoms with van der Waals surface area (Å²) in [5.74, 6) is 0.0195. The molecular weight excluding hydrogens is 242 g/mol. The summed E-state index contributed by atoms with van der Waals surface area (Å²) in [6.07, 6.45) is 9.07. The van der Waals surface area contributed by atoms with Gasteiger partial charge in [-0.1, -0.05) is 0 Å². The summed E-state index contributed by atoms with van der Waals surface area (Å²) in [4.78, 5) is 20.9. The van der Waals surface area contributed by atoms with Crippen LogP contribution in [0.4, 0.5) is 0 Å². The smallest absolute Gasteiger partial charge is 0.271 e. The molecule has 1 saturated heterocycles. The van der Waals surface area contributed by atoms with Crippen molar-refractivity contribution in [3.05, 3.63) is 36.2 Å². The number of hydrogen-bond acceptors (Lipinski definition) is 3. The number of nitrogens with zero attached hydrogens (tertiary/aromatic N) is 4. The molecule has 1 aliphatic heterocycles. The summed E-state index contributed by atoms with van der Waals surface area (Å²) in [6.45, 7) is 3.54. The summed E-state index contributed by atoms with van der Waals surface area (Å²) in [5.41, 5.74) is 1.70. The molecule has 0 radical (unpaired) electrons. The number of amides is 1. The number of carbonyl (C=O) groups is 1. The summed E-state index contributed by atoms with van der Waals surface area (Å²) < 4.78 is 1.97.